The number of nitrogens with two attached hydrogens (primary N) is 1. The molecule has 1 aromatic heterocycles. The van der Waals surface area contributed by atoms with Crippen LogP contribution in [0.3, 0.4) is 0 Å². The standard InChI is InChI=1S/C16H23N5O2S/c1-12(2)21-11-18-19-16(21)13-7-9-20(10-8-13)24(22,23)15-5-3-14(17)4-6-15/h3-6,11-13H,7-10,17H2,1-2H3. The second kappa shape index (κ2) is 6.52. The number of nitrogens with zero attached hydrogens (tertiary/aromatic N) is 4. The van der Waals surface area contributed by atoms with E-state index < -0.39 is 10.0 Å². The first-order chi connectivity index (χ1) is 11.4. The first-order valence-electron chi connectivity index (χ1n) is 8.14. The second-order valence-corrected chi connectivity index (χ2v) is 8.38. The molecular weight excluding hydrogens is 326 g/mol. The molecule has 0 radical (unpaired) electrons. The molecule has 1 aromatic carbocycles. The number of benzene rings is 1. The molecule has 1 fully saturated rings. The van der Waals surface area contributed by atoms with Gasteiger partial charge in [0.15, 0.2) is 0 Å². The molecule has 7 nitrogen and oxygen atoms in total. The van der Waals surface area contributed by atoms with Crippen LogP contribution in [0.4, 0.5) is 5.69 Å². The predicted molar refractivity (Wildman–Crippen MR) is 92.0 cm³/mol. The molecule has 8 heteroatoms. The molecule has 0 bridgehead atoms. The molecule has 0 spiro atoms. The minimum atomic E-state index is -3.46. The lowest BCUT2D eigenvalue weighted by molar-refractivity contribution is 0.307. The highest BCUT2D eigenvalue weighted by atomic mass is 32.2. The maximum absolute atomic E-state index is 12.7. The van der Waals surface area contributed by atoms with Crippen LogP contribution >= 0.6 is 0 Å². The van der Waals surface area contributed by atoms with Gasteiger partial charge in [-0.15, -0.1) is 10.2 Å². The first-order valence-corrected chi connectivity index (χ1v) is 9.58. The molecule has 0 amide bonds. The van der Waals surface area contributed by atoms with Gasteiger partial charge in [0.05, 0.1) is 4.90 Å². The lowest BCUT2D eigenvalue weighted by Crippen LogP contribution is -2.38. The van der Waals surface area contributed by atoms with Crippen molar-refractivity contribution in [2.45, 2.75) is 43.5 Å². The van der Waals surface area contributed by atoms with Crippen molar-refractivity contribution < 1.29 is 8.42 Å². The van der Waals surface area contributed by atoms with E-state index in [4.69, 9.17) is 5.73 Å². The topological polar surface area (TPSA) is 94.1 Å². The Morgan fingerprint density at radius 2 is 1.79 bits per heavy atom. The van der Waals surface area contributed by atoms with Crippen LogP contribution in [0.25, 0.3) is 0 Å². The van der Waals surface area contributed by atoms with Gasteiger partial charge in [-0.2, -0.15) is 4.31 Å². The average molecular weight is 349 g/mol. The van der Waals surface area contributed by atoms with Crippen molar-refractivity contribution in [3.8, 4) is 0 Å². The Hall–Kier alpha value is -1.93. The fourth-order valence-electron chi connectivity index (χ4n) is 3.08. The lowest BCUT2D eigenvalue weighted by Gasteiger charge is -2.31. The fraction of sp³-hybridized carbons (Fsp3) is 0.500. The number of aromatic nitrogens is 3. The third-order valence-corrected chi connectivity index (χ3v) is 6.41. The highest BCUT2D eigenvalue weighted by molar-refractivity contribution is 7.89. The number of nitrogen functional groups attached to an aromatic ring is 1. The quantitative estimate of drug-likeness (QED) is 0.852. The zero-order chi connectivity index (χ0) is 17.3. The van der Waals surface area contributed by atoms with Gasteiger partial charge in [-0.3, -0.25) is 0 Å². The fourth-order valence-corrected chi connectivity index (χ4v) is 4.55. The van der Waals surface area contributed by atoms with Gasteiger partial charge in [0, 0.05) is 30.7 Å². The van der Waals surface area contributed by atoms with E-state index in [2.05, 4.69) is 28.6 Å². The molecule has 2 N–H and O–H groups in total. The Morgan fingerprint density at radius 3 is 2.38 bits per heavy atom. The van der Waals surface area contributed by atoms with E-state index in [1.165, 1.54) is 0 Å². The molecule has 0 saturated carbocycles. The third kappa shape index (κ3) is 3.16. The predicted octanol–water partition coefficient (Wildman–Crippen LogP) is 2.01. The summed E-state index contributed by atoms with van der Waals surface area (Å²) in [7, 11) is -3.46. The number of hydrogen-bond donors (Lipinski definition) is 1. The number of rotatable bonds is 4. The average Bonchev–Trinajstić information content (AvgIpc) is 3.05. The highest BCUT2D eigenvalue weighted by Crippen LogP contribution is 2.30. The summed E-state index contributed by atoms with van der Waals surface area (Å²) in [6.45, 7) is 5.16. The van der Waals surface area contributed by atoms with E-state index in [0.717, 1.165) is 18.7 Å². The SMILES string of the molecule is CC(C)n1cnnc1C1CCN(S(=O)(=O)c2ccc(N)cc2)CC1. The van der Waals surface area contributed by atoms with Crippen molar-refractivity contribution in [1.29, 1.82) is 0 Å². The number of anilines is 1. The summed E-state index contributed by atoms with van der Waals surface area (Å²) in [5.74, 6) is 1.20. The molecular formula is C16H23N5O2S. The van der Waals surface area contributed by atoms with Crippen LogP contribution in [0.2, 0.25) is 0 Å². The molecule has 24 heavy (non-hydrogen) atoms. The van der Waals surface area contributed by atoms with Crippen molar-refractivity contribution >= 4 is 15.7 Å². The Kier molecular flexibility index (Phi) is 4.60. The van der Waals surface area contributed by atoms with Crippen molar-refractivity contribution in [1.82, 2.24) is 19.1 Å². The van der Waals surface area contributed by atoms with Crippen LogP contribution in [0.1, 0.15) is 44.5 Å². The van der Waals surface area contributed by atoms with Crippen molar-refractivity contribution in [3.63, 3.8) is 0 Å². The van der Waals surface area contributed by atoms with Gasteiger partial charge in [0.2, 0.25) is 10.0 Å². The maximum Gasteiger partial charge on any atom is 0.243 e. The van der Waals surface area contributed by atoms with Gasteiger partial charge in [0.1, 0.15) is 12.2 Å². The smallest absolute Gasteiger partial charge is 0.243 e. The number of hydrogen-bond acceptors (Lipinski definition) is 5. The van der Waals surface area contributed by atoms with Crippen LogP contribution in [0.15, 0.2) is 35.5 Å². The third-order valence-electron chi connectivity index (χ3n) is 4.49. The lowest BCUT2D eigenvalue weighted by atomic mass is 9.97. The molecule has 2 aromatic rings. The minimum Gasteiger partial charge on any atom is -0.399 e. The summed E-state index contributed by atoms with van der Waals surface area (Å²) in [6.07, 6.45) is 3.25. The van der Waals surface area contributed by atoms with Crippen molar-refractivity contribution in [3.05, 3.63) is 36.4 Å². The summed E-state index contributed by atoms with van der Waals surface area (Å²) >= 11 is 0. The Bertz CT molecular complexity index is 790. The summed E-state index contributed by atoms with van der Waals surface area (Å²) < 4.78 is 29.0. The van der Waals surface area contributed by atoms with Gasteiger partial charge in [-0.1, -0.05) is 0 Å². The summed E-state index contributed by atoms with van der Waals surface area (Å²) in [6, 6.07) is 6.65. The van der Waals surface area contributed by atoms with E-state index in [0.29, 0.717) is 29.7 Å². The van der Waals surface area contributed by atoms with Crippen LogP contribution in [-0.2, 0) is 10.0 Å². The molecule has 1 saturated heterocycles. The minimum absolute atomic E-state index is 0.243. The molecule has 1 aliphatic rings. The molecule has 0 aliphatic carbocycles. The summed E-state index contributed by atoms with van der Waals surface area (Å²) in [5, 5.41) is 8.26. The molecule has 2 heterocycles. The largest absolute Gasteiger partial charge is 0.399 e. The van der Waals surface area contributed by atoms with Crippen molar-refractivity contribution in [2.24, 2.45) is 0 Å². The van der Waals surface area contributed by atoms with Crippen molar-refractivity contribution in [2.75, 3.05) is 18.8 Å². The summed E-state index contributed by atoms with van der Waals surface area (Å²) in [4.78, 5) is 0.292. The normalized spacial score (nSPS) is 17.5. The maximum atomic E-state index is 12.7. The van der Waals surface area contributed by atoms with E-state index in [9.17, 15) is 8.42 Å². The van der Waals surface area contributed by atoms with Crippen LogP contribution in [0, 0.1) is 0 Å². The van der Waals surface area contributed by atoms with E-state index in [1.807, 2.05) is 0 Å². The Morgan fingerprint density at radius 1 is 1.17 bits per heavy atom. The monoisotopic (exact) mass is 349 g/mol. The van der Waals surface area contributed by atoms with E-state index >= 15 is 0 Å². The Labute approximate surface area is 142 Å². The van der Waals surface area contributed by atoms with Gasteiger partial charge >= 0.3 is 0 Å². The number of sulfonamides is 1. The zero-order valence-corrected chi connectivity index (χ0v) is 14.8. The zero-order valence-electron chi connectivity index (χ0n) is 14.0. The second-order valence-electron chi connectivity index (χ2n) is 6.44. The van der Waals surface area contributed by atoms with Gasteiger partial charge < -0.3 is 10.3 Å². The highest BCUT2D eigenvalue weighted by Gasteiger charge is 2.31. The number of piperidine rings is 1. The first kappa shape index (κ1) is 16.9. The van der Waals surface area contributed by atoms with E-state index in [1.54, 1.807) is 34.9 Å². The molecule has 0 unspecified atom stereocenters. The van der Waals surface area contributed by atoms with Crippen LogP contribution in [-0.4, -0.2) is 40.6 Å². The van der Waals surface area contributed by atoms with E-state index in [-0.39, 0.29) is 5.92 Å². The van der Waals surface area contributed by atoms with Gasteiger partial charge in [-0.05, 0) is 51.0 Å². The molecule has 3 rings (SSSR count). The summed E-state index contributed by atoms with van der Waals surface area (Å²) in [5.41, 5.74) is 6.19. The molecule has 0 atom stereocenters. The molecule has 130 valence electrons. The van der Waals surface area contributed by atoms with Crippen LogP contribution < -0.4 is 5.73 Å². The van der Waals surface area contributed by atoms with Crippen LogP contribution in [0.5, 0.6) is 0 Å². The van der Waals surface area contributed by atoms with Gasteiger partial charge in [0.25, 0.3) is 0 Å². The molecule has 1 aliphatic heterocycles. The van der Waals surface area contributed by atoms with Gasteiger partial charge in [-0.25, -0.2) is 8.42 Å². The Balaban J connectivity index is 1.73.